The van der Waals surface area contributed by atoms with E-state index in [9.17, 15) is 4.79 Å². The van der Waals surface area contributed by atoms with Crippen LogP contribution in [0.3, 0.4) is 0 Å². The summed E-state index contributed by atoms with van der Waals surface area (Å²) < 4.78 is 5.05. The minimum absolute atomic E-state index is 0.0362. The lowest BCUT2D eigenvalue weighted by Crippen LogP contribution is -2.31. The van der Waals surface area contributed by atoms with E-state index in [0.717, 1.165) is 19.3 Å². The highest BCUT2D eigenvalue weighted by Gasteiger charge is 2.31. The second-order valence-corrected chi connectivity index (χ2v) is 3.99. The SMILES string of the molecule is CCc1noc(CN(CC(=O)O)C2CC2)n1. The van der Waals surface area contributed by atoms with Gasteiger partial charge in [0.05, 0.1) is 13.1 Å². The van der Waals surface area contributed by atoms with E-state index in [0.29, 0.717) is 24.3 Å². The molecule has 1 aliphatic rings. The maximum atomic E-state index is 10.7. The summed E-state index contributed by atoms with van der Waals surface area (Å²) in [7, 11) is 0. The van der Waals surface area contributed by atoms with Gasteiger partial charge in [0.1, 0.15) is 0 Å². The van der Waals surface area contributed by atoms with Gasteiger partial charge in [0.25, 0.3) is 0 Å². The smallest absolute Gasteiger partial charge is 0.317 e. The lowest BCUT2D eigenvalue weighted by Gasteiger charge is -2.16. The van der Waals surface area contributed by atoms with Crippen LogP contribution in [-0.4, -0.2) is 38.7 Å². The Morgan fingerprint density at radius 3 is 2.88 bits per heavy atom. The highest BCUT2D eigenvalue weighted by molar-refractivity contribution is 5.69. The fraction of sp³-hybridized carbons (Fsp3) is 0.700. The van der Waals surface area contributed by atoms with E-state index < -0.39 is 5.97 Å². The molecule has 1 fully saturated rings. The third-order valence-corrected chi connectivity index (χ3v) is 2.57. The van der Waals surface area contributed by atoms with Crippen LogP contribution in [0.2, 0.25) is 0 Å². The molecule has 0 atom stereocenters. The Bertz CT molecular complexity index is 373. The highest BCUT2D eigenvalue weighted by Crippen LogP contribution is 2.27. The second-order valence-electron chi connectivity index (χ2n) is 3.99. The van der Waals surface area contributed by atoms with E-state index in [1.165, 1.54) is 0 Å². The molecule has 0 saturated heterocycles. The Balaban J connectivity index is 1.96. The molecule has 0 spiro atoms. The van der Waals surface area contributed by atoms with Gasteiger partial charge in [-0.05, 0) is 12.8 Å². The normalized spacial score (nSPS) is 15.6. The maximum absolute atomic E-state index is 10.7. The summed E-state index contributed by atoms with van der Waals surface area (Å²) >= 11 is 0. The molecule has 1 N–H and O–H groups in total. The van der Waals surface area contributed by atoms with Crippen LogP contribution < -0.4 is 0 Å². The number of aliphatic carboxylic acids is 1. The van der Waals surface area contributed by atoms with Gasteiger partial charge < -0.3 is 9.63 Å². The molecule has 6 nitrogen and oxygen atoms in total. The number of aromatic nitrogens is 2. The van der Waals surface area contributed by atoms with E-state index >= 15 is 0 Å². The Morgan fingerprint density at radius 1 is 1.62 bits per heavy atom. The molecule has 0 unspecified atom stereocenters. The molecule has 1 aromatic heterocycles. The Hall–Kier alpha value is -1.43. The van der Waals surface area contributed by atoms with Crippen LogP contribution >= 0.6 is 0 Å². The predicted molar refractivity (Wildman–Crippen MR) is 54.7 cm³/mol. The number of carboxylic acids is 1. The van der Waals surface area contributed by atoms with Crippen LogP contribution in [0.5, 0.6) is 0 Å². The molecule has 0 bridgehead atoms. The predicted octanol–water partition coefficient (Wildman–Crippen LogP) is 0.681. The van der Waals surface area contributed by atoms with Crippen molar-refractivity contribution in [1.29, 1.82) is 0 Å². The summed E-state index contributed by atoms with van der Waals surface area (Å²) in [6, 6.07) is 0.369. The maximum Gasteiger partial charge on any atom is 0.317 e. The van der Waals surface area contributed by atoms with Crippen molar-refractivity contribution in [1.82, 2.24) is 15.0 Å². The molecule has 1 aliphatic carbocycles. The first-order valence-corrected chi connectivity index (χ1v) is 5.46. The summed E-state index contributed by atoms with van der Waals surface area (Å²) in [4.78, 5) is 16.7. The Morgan fingerprint density at radius 2 is 2.38 bits per heavy atom. The number of hydrogen-bond acceptors (Lipinski definition) is 5. The molecule has 16 heavy (non-hydrogen) atoms. The Kier molecular flexibility index (Phi) is 3.19. The largest absolute Gasteiger partial charge is 0.480 e. The summed E-state index contributed by atoms with van der Waals surface area (Å²) in [5, 5.41) is 12.6. The lowest BCUT2D eigenvalue weighted by molar-refractivity contribution is -0.138. The highest BCUT2D eigenvalue weighted by atomic mass is 16.5. The first-order valence-electron chi connectivity index (χ1n) is 5.46. The number of rotatable bonds is 6. The van der Waals surface area contributed by atoms with Gasteiger partial charge in [0.2, 0.25) is 5.89 Å². The summed E-state index contributed by atoms with van der Waals surface area (Å²) in [5.74, 6) is 0.355. The zero-order chi connectivity index (χ0) is 11.5. The summed E-state index contributed by atoms with van der Waals surface area (Å²) in [5.41, 5.74) is 0. The third kappa shape index (κ3) is 2.79. The van der Waals surface area contributed by atoms with Gasteiger partial charge in [0, 0.05) is 12.5 Å². The fourth-order valence-electron chi connectivity index (χ4n) is 1.60. The van der Waals surface area contributed by atoms with Crippen molar-refractivity contribution in [2.45, 2.75) is 38.8 Å². The summed E-state index contributed by atoms with van der Waals surface area (Å²) in [6.07, 6.45) is 2.84. The van der Waals surface area contributed by atoms with Gasteiger partial charge >= 0.3 is 5.97 Å². The molecular formula is C10H15N3O3. The molecular weight excluding hydrogens is 210 g/mol. The van der Waals surface area contributed by atoms with E-state index in [1.807, 2.05) is 11.8 Å². The minimum atomic E-state index is -0.817. The molecule has 1 heterocycles. The minimum Gasteiger partial charge on any atom is -0.480 e. The quantitative estimate of drug-likeness (QED) is 0.767. The molecule has 0 aliphatic heterocycles. The van der Waals surface area contributed by atoms with E-state index in [2.05, 4.69) is 10.1 Å². The van der Waals surface area contributed by atoms with Crippen molar-refractivity contribution in [3.8, 4) is 0 Å². The van der Waals surface area contributed by atoms with Crippen molar-refractivity contribution >= 4 is 5.97 Å². The molecule has 88 valence electrons. The molecule has 0 aromatic carbocycles. The van der Waals surface area contributed by atoms with Crippen LogP contribution in [0.4, 0.5) is 0 Å². The average Bonchev–Trinajstić information content (AvgIpc) is 2.98. The van der Waals surface area contributed by atoms with Crippen molar-refractivity contribution in [3.63, 3.8) is 0 Å². The van der Waals surface area contributed by atoms with Crippen molar-refractivity contribution in [3.05, 3.63) is 11.7 Å². The zero-order valence-electron chi connectivity index (χ0n) is 9.22. The third-order valence-electron chi connectivity index (χ3n) is 2.57. The van der Waals surface area contributed by atoms with E-state index in [1.54, 1.807) is 0 Å². The fourth-order valence-corrected chi connectivity index (χ4v) is 1.60. The van der Waals surface area contributed by atoms with Crippen molar-refractivity contribution in [2.24, 2.45) is 0 Å². The van der Waals surface area contributed by atoms with Crippen LogP contribution in [0.25, 0.3) is 0 Å². The van der Waals surface area contributed by atoms with Gasteiger partial charge in [-0.3, -0.25) is 9.69 Å². The number of hydrogen-bond donors (Lipinski definition) is 1. The van der Waals surface area contributed by atoms with Crippen molar-refractivity contribution in [2.75, 3.05) is 6.54 Å². The van der Waals surface area contributed by atoms with Gasteiger partial charge in [-0.1, -0.05) is 12.1 Å². The standard InChI is InChI=1S/C10H15N3O3/c1-2-8-11-9(16-12-8)5-13(6-10(14)15)7-3-4-7/h7H,2-6H2,1H3,(H,14,15). The van der Waals surface area contributed by atoms with Crippen LogP contribution in [0.1, 0.15) is 31.5 Å². The van der Waals surface area contributed by atoms with Crippen molar-refractivity contribution < 1.29 is 14.4 Å². The van der Waals surface area contributed by atoms with Gasteiger partial charge in [-0.2, -0.15) is 4.98 Å². The molecule has 0 amide bonds. The molecule has 2 rings (SSSR count). The molecule has 0 radical (unpaired) electrons. The summed E-state index contributed by atoms with van der Waals surface area (Å²) in [6.45, 7) is 2.42. The number of carbonyl (C=O) groups is 1. The second kappa shape index (κ2) is 4.61. The zero-order valence-corrected chi connectivity index (χ0v) is 9.22. The first-order chi connectivity index (χ1) is 7.69. The monoisotopic (exact) mass is 225 g/mol. The van der Waals surface area contributed by atoms with Gasteiger partial charge in [0.15, 0.2) is 5.82 Å². The van der Waals surface area contributed by atoms with E-state index in [-0.39, 0.29) is 6.54 Å². The average molecular weight is 225 g/mol. The molecule has 6 heteroatoms. The molecule has 1 saturated carbocycles. The number of nitrogens with zero attached hydrogens (tertiary/aromatic N) is 3. The van der Waals surface area contributed by atoms with E-state index in [4.69, 9.17) is 9.63 Å². The molecule has 1 aromatic rings. The lowest BCUT2D eigenvalue weighted by atomic mass is 10.4. The van der Waals surface area contributed by atoms with Crippen LogP contribution in [0, 0.1) is 0 Å². The first kappa shape index (κ1) is 11.1. The van der Waals surface area contributed by atoms with Gasteiger partial charge in [-0.15, -0.1) is 0 Å². The Labute approximate surface area is 93.2 Å². The topological polar surface area (TPSA) is 79.5 Å². The number of carboxylic acid groups (broad SMARTS) is 1. The van der Waals surface area contributed by atoms with Crippen LogP contribution in [0.15, 0.2) is 4.52 Å². The van der Waals surface area contributed by atoms with Gasteiger partial charge in [-0.25, -0.2) is 0 Å². The number of aryl methyl sites for hydroxylation is 1. The van der Waals surface area contributed by atoms with Crippen LogP contribution in [-0.2, 0) is 17.8 Å².